The Hall–Kier alpha value is -4.46. The van der Waals surface area contributed by atoms with E-state index in [0.29, 0.717) is 18.7 Å². The molecule has 1 aliphatic rings. The van der Waals surface area contributed by atoms with Crippen molar-refractivity contribution in [3.8, 4) is 17.2 Å². The molecule has 0 saturated carbocycles. The fourth-order valence-corrected chi connectivity index (χ4v) is 4.29. The van der Waals surface area contributed by atoms with Crippen LogP contribution in [0.4, 0.5) is 0 Å². The van der Waals surface area contributed by atoms with E-state index in [-0.39, 0.29) is 11.9 Å². The fourth-order valence-electron chi connectivity index (χ4n) is 4.29. The number of benzene rings is 3. The quantitative estimate of drug-likeness (QED) is 0.377. The first-order chi connectivity index (χ1) is 17.5. The van der Waals surface area contributed by atoms with Gasteiger partial charge in [0.1, 0.15) is 23.8 Å². The van der Waals surface area contributed by atoms with Gasteiger partial charge in [0.25, 0.3) is 0 Å². The first kappa shape index (κ1) is 23.3. The summed E-state index contributed by atoms with van der Waals surface area (Å²) in [6.45, 7) is 3.98. The summed E-state index contributed by atoms with van der Waals surface area (Å²) in [4.78, 5) is 12.4. The van der Waals surface area contributed by atoms with Gasteiger partial charge in [0, 0.05) is 13.3 Å². The van der Waals surface area contributed by atoms with Gasteiger partial charge in [-0.15, -0.1) is 5.10 Å². The van der Waals surface area contributed by atoms with Crippen LogP contribution in [0.3, 0.4) is 0 Å². The molecule has 0 spiro atoms. The van der Waals surface area contributed by atoms with Crippen LogP contribution in [0.1, 0.15) is 41.9 Å². The first-order valence-electron chi connectivity index (χ1n) is 11.7. The standard InChI is InChI=1S/C28H27N5O3/c1-19-28(29-31-32(19)23-11-15-24(35-3)16-12-23)26-17-27(33(30-26)20(2)34)22-9-13-25(14-10-22)36-18-21-7-5-4-6-8-21/h4-16,27H,17-18H2,1-3H3. The third-order valence-electron chi connectivity index (χ3n) is 6.23. The number of rotatable bonds is 7. The van der Waals surface area contributed by atoms with Crippen molar-refractivity contribution in [2.24, 2.45) is 5.10 Å². The molecular formula is C28H27N5O3. The summed E-state index contributed by atoms with van der Waals surface area (Å²) in [5.41, 5.74) is 5.23. The summed E-state index contributed by atoms with van der Waals surface area (Å²) in [5.74, 6) is 1.42. The highest BCUT2D eigenvalue weighted by molar-refractivity contribution is 6.02. The van der Waals surface area contributed by atoms with Gasteiger partial charge in [-0.05, 0) is 54.4 Å². The van der Waals surface area contributed by atoms with Crippen LogP contribution in [0.15, 0.2) is 84.0 Å². The Labute approximate surface area is 209 Å². The number of hydrogen-bond donors (Lipinski definition) is 0. The van der Waals surface area contributed by atoms with E-state index in [1.54, 1.807) is 11.8 Å². The molecule has 0 aliphatic carbocycles. The normalized spacial score (nSPS) is 15.0. The van der Waals surface area contributed by atoms with Crippen molar-refractivity contribution in [2.45, 2.75) is 32.9 Å². The molecule has 1 aliphatic heterocycles. The molecule has 4 aromatic rings. The van der Waals surface area contributed by atoms with Gasteiger partial charge in [-0.3, -0.25) is 4.79 Å². The lowest BCUT2D eigenvalue weighted by Crippen LogP contribution is -2.24. The van der Waals surface area contributed by atoms with Crippen molar-refractivity contribution < 1.29 is 14.3 Å². The van der Waals surface area contributed by atoms with Gasteiger partial charge >= 0.3 is 0 Å². The molecule has 0 bridgehead atoms. The molecule has 0 fully saturated rings. The highest BCUT2D eigenvalue weighted by atomic mass is 16.5. The highest BCUT2D eigenvalue weighted by Gasteiger charge is 2.33. The number of ether oxygens (including phenoxy) is 2. The van der Waals surface area contributed by atoms with Crippen LogP contribution < -0.4 is 9.47 Å². The average molecular weight is 482 g/mol. The molecular weight excluding hydrogens is 454 g/mol. The SMILES string of the molecule is COc1ccc(-n2nnc(C3=NN(C(C)=O)C(c4ccc(OCc5ccccc5)cc4)C3)c2C)cc1. The van der Waals surface area contributed by atoms with Crippen molar-refractivity contribution in [3.05, 3.63) is 101 Å². The van der Waals surface area contributed by atoms with E-state index in [9.17, 15) is 4.79 Å². The van der Waals surface area contributed by atoms with Crippen molar-refractivity contribution in [3.63, 3.8) is 0 Å². The molecule has 8 heteroatoms. The van der Waals surface area contributed by atoms with Crippen LogP contribution in [0.25, 0.3) is 5.69 Å². The zero-order valence-corrected chi connectivity index (χ0v) is 20.5. The lowest BCUT2D eigenvalue weighted by molar-refractivity contribution is -0.130. The Morgan fingerprint density at radius 3 is 2.33 bits per heavy atom. The molecule has 1 aromatic heterocycles. The third-order valence-corrected chi connectivity index (χ3v) is 6.23. The number of nitrogens with zero attached hydrogens (tertiary/aromatic N) is 5. The van der Waals surface area contributed by atoms with E-state index in [1.165, 1.54) is 11.9 Å². The molecule has 8 nitrogen and oxygen atoms in total. The fraction of sp³-hybridized carbons (Fsp3) is 0.214. The van der Waals surface area contributed by atoms with E-state index in [2.05, 4.69) is 15.4 Å². The predicted molar refractivity (Wildman–Crippen MR) is 136 cm³/mol. The third kappa shape index (κ3) is 4.70. The minimum absolute atomic E-state index is 0.125. The van der Waals surface area contributed by atoms with Crippen molar-refractivity contribution >= 4 is 11.6 Å². The molecule has 0 radical (unpaired) electrons. The number of aromatic nitrogens is 3. The Morgan fingerprint density at radius 1 is 0.972 bits per heavy atom. The smallest absolute Gasteiger partial charge is 0.240 e. The molecule has 0 N–H and O–H groups in total. The van der Waals surface area contributed by atoms with E-state index < -0.39 is 0 Å². The van der Waals surface area contributed by atoms with Crippen LogP contribution in [0.5, 0.6) is 11.5 Å². The van der Waals surface area contributed by atoms with Crippen molar-refractivity contribution in [2.75, 3.05) is 7.11 Å². The highest BCUT2D eigenvalue weighted by Crippen LogP contribution is 2.34. The maximum Gasteiger partial charge on any atom is 0.240 e. The molecule has 5 rings (SSSR count). The monoisotopic (exact) mass is 481 g/mol. The maximum atomic E-state index is 12.4. The van der Waals surface area contributed by atoms with Crippen LogP contribution in [-0.2, 0) is 11.4 Å². The molecule has 3 aromatic carbocycles. The largest absolute Gasteiger partial charge is 0.497 e. The Bertz CT molecular complexity index is 1380. The van der Waals surface area contributed by atoms with Gasteiger partial charge < -0.3 is 9.47 Å². The first-order valence-corrected chi connectivity index (χ1v) is 11.7. The molecule has 2 heterocycles. The molecule has 182 valence electrons. The number of hydrazone groups is 1. The molecule has 1 amide bonds. The van der Waals surface area contributed by atoms with Gasteiger partial charge in [0.05, 0.1) is 30.2 Å². The predicted octanol–water partition coefficient (Wildman–Crippen LogP) is 4.86. The summed E-state index contributed by atoms with van der Waals surface area (Å²) in [6, 6.07) is 25.3. The number of hydrogen-bond acceptors (Lipinski definition) is 6. The Morgan fingerprint density at radius 2 is 1.67 bits per heavy atom. The van der Waals surface area contributed by atoms with Gasteiger partial charge in [-0.25, -0.2) is 9.69 Å². The summed E-state index contributed by atoms with van der Waals surface area (Å²) in [6.07, 6.45) is 0.548. The second-order valence-corrected chi connectivity index (χ2v) is 8.61. The molecule has 1 unspecified atom stereocenters. The minimum Gasteiger partial charge on any atom is -0.497 e. The van der Waals surface area contributed by atoms with Crippen molar-refractivity contribution in [1.29, 1.82) is 0 Å². The molecule has 1 atom stereocenters. The van der Waals surface area contributed by atoms with Gasteiger partial charge in [0.2, 0.25) is 5.91 Å². The molecule has 0 saturated heterocycles. The van der Waals surface area contributed by atoms with E-state index in [1.807, 2.05) is 85.8 Å². The summed E-state index contributed by atoms with van der Waals surface area (Å²) in [5, 5.41) is 14.9. The summed E-state index contributed by atoms with van der Waals surface area (Å²) >= 11 is 0. The van der Waals surface area contributed by atoms with Crippen LogP contribution >= 0.6 is 0 Å². The second kappa shape index (κ2) is 10.0. The number of amides is 1. The van der Waals surface area contributed by atoms with E-state index in [0.717, 1.165) is 39.7 Å². The lowest BCUT2D eigenvalue weighted by Gasteiger charge is -2.20. The number of methoxy groups -OCH3 is 1. The summed E-state index contributed by atoms with van der Waals surface area (Å²) < 4.78 is 12.9. The molecule has 36 heavy (non-hydrogen) atoms. The van der Waals surface area contributed by atoms with Gasteiger partial charge in [0.15, 0.2) is 0 Å². The van der Waals surface area contributed by atoms with E-state index in [4.69, 9.17) is 9.47 Å². The topological polar surface area (TPSA) is 81.8 Å². The zero-order chi connectivity index (χ0) is 25.1. The van der Waals surface area contributed by atoms with Crippen LogP contribution in [0, 0.1) is 6.92 Å². The zero-order valence-electron chi connectivity index (χ0n) is 20.5. The van der Waals surface area contributed by atoms with Gasteiger partial charge in [-0.2, -0.15) is 5.10 Å². The average Bonchev–Trinajstić information content (AvgIpc) is 3.52. The maximum absolute atomic E-state index is 12.4. The Balaban J connectivity index is 1.33. The Kier molecular flexibility index (Phi) is 6.49. The number of carbonyl (C=O) groups excluding carboxylic acids is 1. The minimum atomic E-state index is -0.216. The summed E-state index contributed by atoms with van der Waals surface area (Å²) in [7, 11) is 1.63. The number of carbonyl (C=O) groups is 1. The van der Waals surface area contributed by atoms with Gasteiger partial charge in [-0.1, -0.05) is 47.7 Å². The van der Waals surface area contributed by atoms with E-state index >= 15 is 0 Å². The van der Waals surface area contributed by atoms with Crippen LogP contribution in [-0.4, -0.2) is 38.7 Å². The lowest BCUT2D eigenvalue weighted by atomic mass is 10.00. The van der Waals surface area contributed by atoms with Crippen molar-refractivity contribution in [1.82, 2.24) is 20.0 Å². The van der Waals surface area contributed by atoms with Crippen LogP contribution in [0.2, 0.25) is 0 Å². The second-order valence-electron chi connectivity index (χ2n) is 8.61.